The Morgan fingerprint density at radius 2 is 0.737 bits per heavy atom. The molecule has 0 N–H and O–H groups in total. The van der Waals surface area contributed by atoms with Crippen LogP contribution in [0.1, 0.15) is 59.8 Å². The van der Waals surface area contributed by atoms with Crippen LogP contribution in [0.25, 0.3) is 0 Å². The summed E-state index contributed by atoms with van der Waals surface area (Å²) in [6, 6.07) is 0. The summed E-state index contributed by atoms with van der Waals surface area (Å²) in [4.78, 5) is 14.5. The molecule has 224 valence electrons. The van der Waals surface area contributed by atoms with E-state index in [0.29, 0.717) is 0 Å². The summed E-state index contributed by atoms with van der Waals surface area (Å²) < 4.78 is 0. The number of rotatable bonds is 0. The molecule has 0 aromatic heterocycles. The summed E-state index contributed by atoms with van der Waals surface area (Å²) in [5, 5.41) is 0. The minimum absolute atomic E-state index is 0. The lowest BCUT2D eigenvalue weighted by atomic mass is 9.58. The fourth-order valence-electron chi connectivity index (χ4n) is 8.80. The van der Waals surface area contributed by atoms with Gasteiger partial charge in [0, 0.05) is 52.4 Å². The first-order valence-corrected chi connectivity index (χ1v) is 15.5. The van der Waals surface area contributed by atoms with E-state index in [-0.39, 0.29) is 7.43 Å². The largest absolute Gasteiger partial charge is 0.306 e. The van der Waals surface area contributed by atoms with E-state index in [1.165, 1.54) is 117 Å². The maximum Gasteiger partial charge on any atom is 0.00484 e. The van der Waals surface area contributed by atoms with Crippen LogP contribution in [0, 0.1) is 28.1 Å². The van der Waals surface area contributed by atoms with Crippen LogP contribution >= 0.6 is 0 Å². The van der Waals surface area contributed by atoms with Gasteiger partial charge in [-0.1, -0.05) is 21.3 Å². The van der Waals surface area contributed by atoms with Crippen molar-refractivity contribution in [2.24, 2.45) is 28.1 Å². The van der Waals surface area contributed by atoms with Crippen molar-refractivity contribution in [3.8, 4) is 0 Å². The van der Waals surface area contributed by atoms with E-state index in [2.05, 4.69) is 85.5 Å². The highest BCUT2D eigenvalue weighted by atomic mass is 15.2. The first-order chi connectivity index (χ1) is 17.4. The van der Waals surface area contributed by atoms with Gasteiger partial charge in [-0.05, 0) is 135 Å². The van der Waals surface area contributed by atoms with E-state index in [9.17, 15) is 0 Å². The molecule has 7 aliphatic rings. The fourth-order valence-corrected chi connectivity index (χ4v) is 8.80. The Kier molecular flexibility index (Phi) is 11.2. The number of likely N-dealkylation sites (tertiary alicyclic amines) is 6. The third kappa shape index (κ3) is 8.39. The highest BCUT2D eigenvalue weighted by molar-refractivity contribution is 5.02. The van der Waals surface area contributed by atoms with Gasteiger partial charge in [0.1, 0.15) is 0 Å². The predicted molar refractivity (Wildman–Crippen MR) is 165 cm³/mol. The molecule has 7 rings (SSSR count). The van der Waals surface area contributed by atoms with Gasteiger partial charge in [-0.15, -0.1) is 0 Å². The summed E-state index contributed by atoms with van der Waals surface area (Å²) in [6.07, 6.45) is 8.69. The van der Waals surface area contributed by atoms with Crippen LogP contribution in [-0.4, -0.2) is 150 Å². The molecule has 38 heavy (non-hydrogen) atoms. The Labute approximate surface area is 238 Å². The second-order valence-corrected chi connectivity index (χ2v) is 15.5. The molecule has 0 unspecified atom stereocenters. The van der Waals surface area contributed by atoms with Crippen molar-refractivity contribution >= 4 is 0 Å². The van der Waals surface area contributed by atoms with Crippen molar-refractivity contribution < 1.29 is 0 Å². The van der Waals surface area contributed by atoms with E-state index in [1.54, 1.807) is 0 Å². The zero-order chi connectivity index (χ0) is 26.8. The second kappa shape index (κ2) is 13.2. The number of hydrogen-bond acceptors (Lipinski definition) is 6. The van der Waals surface area contributed by atoms with E-state index in [0.717, 1.165) is 28.1 Å². The van der Waals surface area contributed by atoms with Gasteiger partial charge in [0.15, 0.2) is 0 Å². The normalized spacial score (nSPS) is 30.9. The van der Waals surface area contributed by atoms with Crippen molar-refractivity contribution in [1.82, 2.24) is 29.4 Å². The number of piperidine rings is 2. The zero-order valence-electron chi connectivity index (χ0n) is 26.1. The number of hydrogen-bond donors (Lipinski definition) is 0. The van der Waals surface area contributed by atoms with E-state index in [4.69, 9.17) is 0 Å². The third-order valence-corrected chi connectivity index (χ3v) is 10.5. The van der Waals surface area contributed by atoms with Crippen LogP contribution in [0.15, 0.2) is 0 Å². The molecule has 6 aliphatic heterocycles. The fraction of sp³-hybridized carbons (Fsp3) is 1.00. The van der Waals surface area contributed by atoms with Crippen LogP contribution in [0.2, 0.25) is 0 Å². The molecule has 0 atom stereocenters. The average Bonchev–Trinajstić information content (AvgIpc) is 2.74. The zero-order valence-corrected chi connectivity index (χ0v) is 26.1. The highest BCUT2D eigenvalue weighted by Gasteiger charge is 2.49. The molecular formula is C32H66N6. The van der Waals surface area contributed by atoms with E-state index in [1.807, 2.05) is 0 Å². The molecule has 3 spiro atoms. The van der Waals surface area contributed by atoms with E-state index < -0.39 is 0 Å². The lowest BCUT2D eigenvalue weighted by molar-refractivity contribution is -0.0758. The van der Waals surface area contributed by atoms with Crippen LogP contribution in [0.5, 0.6) is 0 Å². The van der Waals surface area contributed by atoms with Gasteiger partial charge in [0.25, 0.3) is 0 Å². The van der Waals surface area contributed by atoms with Gasteiger partial charge >= 0.3 is 0 Å². The molecular weight excluding hydrogens is 468 g/mol. The molecule has 0 radical (unpaired) electrons. The molecule has 1 aliphatic carbocycles. The van der Waals surface area contributed by atoms with Gasteiger partial charge < -0.3 is 29.4 Å². The van der Waals surface area contributed by atoms with Crippen LogP contribution in [0.4, 0.5) is 0 Å². The van der Waals surface area contributed by atoms with Crippen molar-refractivity contribution in [3.05, 3.63) is 0 Å². The highest BCUT2D eigenvalue weighted by Crippen LogP contribution is 2.50. The average molecular weight is 535 g/mol. The molecule has 0 aromatic rings. The summed E-state index contributed by atoms with van der Waals surface area (Å²) in [7, 11) is 13.3. The van der Waals surface area contributed by atoms with Gasteiger partial charge in [-0.3, -0.25) is 0 Å². The predicted octanol–water partition coefficient (Wildman–Crippen LogP) is 3.84. The van der Waals surface area contributed by atoms with Crippen molar-refractivity contribution in [2.45, 2.75) is 59.8 Å². The lowest BCUT2D eigenvalue weighted by Gasteiger charge is -2.57. The Bertz CT molecular complexity index is 615. The topological polar surface area (TPSA) is 19.4 Å². The molecule has 6 heteroatoms. The third-order valence-electron chi connectivity index (χ3n) is 10.5. The molecule has 1 saturated carbocycles. The molecule has 6 saturated heterocycles. The lowest BCUT2D eigenvalue weighted by Crippen LogP contribution is -2.60. The molecule has 6 nitrogen and oxygen atoms in total. The van der Waals surface area contributed by atoms with Crippen molar-refractivity contribution in [2.75, 3.05) is 121 Å². The summed E-state index contributed by atoms with van der Waals surface area (Å²) >= 11 is 0. The Hall–Kier alpha value is -0.240. The molecule has 0 amide bonds. The van der Waals surface area contributed by atoms with Crippen LogP contribution in [-0.2, 0) is 0 Å². The van der Waals surface area contributed by atoms with Gasteiger partial charge in [0.2, 0.25) is 0 Å². The SMILES string of the molecule is C.CC1CC2(C1)CN(C)C2.CC1CN(C)C1.CN1CCC2(CC1)CN(C)C2.CN1CCC2(CC1)CN(C)C2. The Morgan fingerprint density at radius 3 is 0.947 bits per heavy atom. The minimum Gasteiger partial charge on any atom is -0.306 e. The first-order valence-electron chi connectivity index (χ1n) is 15.5. The molecule has 6 heterocycles. The van der Waals surface area contributed by atoms with Crippen LogP contribution in [0.3, 0.4) is 0 Å². The summed E-state index contributed by atoms with van der Waals surface area (Å²) in [5.41, 5.74) is 2.29. The van der Waals surface area contributed by atoms with E-state index >= 15 is 0 Å². The Morgan fingerprint density at radius 1 is 0.421 bits per heavy atom. The van der Waals surface area contributed by atoms with Gasteiger partial charge in [-0.25, -0.2) is 0 Å². The standard InChI is InChI=1S/2C9H18N2.C8H15N.C5H11N.CH4/c2*1-10-5-3-9(4-6-10)7-11(2)8-9;1-7-3-8(4-7)5-9(2)6-8;1-5-3-6(2)4-5;/h2*3-8H2,1-2H3;7H,3-6H2,1-2H3;5H,3-4H2,1-2H3;1H4. The second-order valence-electron chi connectivity index (χ2n) is 15.5. The maximum atomic E-state index is 2.45. The van der Waals surface area contributed by atoms with Gasteiger partial charge in [0.05, 0.1) is 0 Å². The molecule has 0 bridgehead atoms. The molecule has 0 aromatic carbocycles. The minimum atomic E-state index is 0. The number of nitrogens with zero attached hydrogens (tertiary/aromatic N) is 6. The maximum absolute atomic E-state index is 2.45. The smallest absolute Gasteiger partial charge is 0.00484 e. The van der Waals surface area contributed by atoms with Crippen molar-refractivity contribution in [1.29, 1.82) is 0 Å². The Balaban J connectivity index is 0.000000142. The van der Waals surface area contributed by atoms with Crippen LogP contribution < -0.4 is 0 Å². The summed E-state index contributed by atoms with van der Waals surface area (Å²) in [6.45, 7) is 20.6. The quantitative estimate of drug-likeness (QED) is 0.467. The first kappa shape index (κ1) is 32.3. The van der Waals surface area contributed by atoms with Gasteiger partial charge in [-0.2, -0.15) is 0 Å². The summed E-state index contributed by atoms with van der Waals surface area (Å²) in [5.74, 6) is 1.99. The molecule has 7 fully saturated rings. The van der Waals surface area contributed by atoms with Crippen molar-refractivity contribution in [3.63, 3.8) is 0 Å². The monoisotopic (exact) mass is 535 g/mol.